The van der Waals surface area contributed by atoms with Gasteiger partial charge in [0, 0.05) is 25.7 Å². The van der Waals surface area contributed by atoms with E-state index in [4.69, 9.17) is 37.0 Å². The second kappa shape index (κ2) is 80.1. The van der Waals surface area contributed by atoms with E-state index in [2.05, 4.69) is 27.7 Å². The summed E-state index contributed by atoms with van der Waals surface area (Å²) in [6, 6.07) is 0. The van der Waals surface area contributed by atoms with Crippen LogP contribution in [0.2, 0.25) is 0 Å². The largest absolute Gasteiger partial charge is 0.472 e. The van der Waals surface area contributed by atoms with Gasteiger partial charge in [0.25, 0.3) is 0 Å². The number of phosphoric ester groups is 2. The summed E-state index contributed by atoms with van der Waals surface area (Å²) in [4.78, 5) is 73.2. The zero-order valence-corrected chi connectivity index (χ0v) is 70.5. The van der Waals surface area contributed by atoms with Gasteiger partial charge in [0.05, 0.1) is 26.4 Å². The normalized spacial score (nSPS) is 13.7. The van der Waals surface area contributed by atoms with Crippen LogP contribution in [0, 0.1) is 0 Å². The molecule has 19 heteroatoms. The topological polar surface area (TPSA) is 237 Å². The number of phosphoric acid groups is 2. The van der Waals surface area contributed by atoms with Gasteiger partial charge in [0.15, 0.2) is 12.2 Å². The third-order valence-corrected chi connectivity index (χ3v) is 22.3. The lowest BCUT2D eigenvalue weighted by molar-refractivity contribution is -0.161. The van der Waals surface area contributed by atoms with Crippen LogP contribution in [-0.4, -0.2) is 96.7 Å². The molecule has 0 aliphatic heterocycles. The molecule has 0 aromatic carbocycles. The third-order valence-electron chi connectivity index (χ3n) is 20.4. The summed E-state index contributed by atoms with van der Waals surface area (Å²) in [5.74, 6) is -2.10. The van der Waals surface area contributed by atoms with Crippen LogP contribution >= 0.6 is 15.6 Å². The minimum atomic E-state index is -4.96. The Morgan fingerprint density at radius 2 is 0.381 bits per heavy atom. The van der Waals surface area contributed by atoms with Crippen molar-refractivity contribution >= 4 is 39.5 Å². The Labute approximate surface area is 645 Å². The molecule has 0 aromatic heterocycles. The van der Waals surface area contributed by atoms with Gasteiger partial charge in [-0.3, -0.25) is 37.3 Å². The molecule has 2 unspecified atom stereocenters. The first-order chi connectivity index (χ1) is 51.2. The number of unbranched alkanes of at least 4 members (excludes halogenated alkanes) is 61. The highest BCUT2D eigenvalue weighted by atomic mass is 31.2. The maximum atomic E-state index is 13.1. The van der Waals surface area contributed by atoms with E-state index in [-0.39, 0.29) is 25.7 Å². The van der Waals surface area contributed by atoms with Gasteiger partial charge in [0.1, 0.15) is 19.3 Å². The van der Waals surface area contributed by atoms with Crippen LogP contribution in [-0.2, 0) is 65.4 Å². The van der Waals surface area contributed by atoms with E-state index in [1.54, 1.807) is 0 Å². The van der Waals surface area contributed by atoms with Crippen LogP contribution in [0.3, 0.4) is 0 Å². The molecule has 3 N–H and O–H groups in total. The second-order valence-corrected chi connectivity index (χ2v) is 33.8. The van der Waals surface area contributed by atoms with E-state index < -0.39 is 97.5 Å². The molecule has 0 bridgehead atoms. The molecular formula is C86H168O17P2. The van der Waals surface area contributed by atoms with Gasteiger partial charge < -0.3 is 33.8 Å². The molecule has 0 aliphatic carbocycles. The number of carbonyl (C=O) groups is 4. The standard InChI is InChI=1S/C86H168O17P2/c1-5-9-13-17-21-25-29-32-35-37-39-41-43-45-48-51-55-59-63-67-71-84(89)97-77-82(103-86(91)73-69-65-61-57-53-49-46-44-42-40-38-36-33-30-26-22-18-14-10-6-2)79-101-105(94,95)99-75-80(87)74-98-104(92,93)100-78-81(76-96-83(88)70-66-62-58-54-50-28-24-20-16-12-8-4)102-85(90)72-68-64-60-56-52-47-34-31-27-23-19-15-11-7-3/h80-82,87H,5-79H2,1-4H3,(H,92,93)(H,94,95)/t80-,81+,82+/m0/s1. The number of aliphatic hydroxyl groups excluding tert-OH is 1. The van der Waals surface area contributed by atoms with Gasteiger partial charge in [-0.1, -0.05) is 419 Å². The number of ether oxygens (including phenoxy) is 4. The smallest absolute Gasteiger partial charge is 0.462 e. The lowest BCUT2D eigenvalue weighted by atomic mass is 10.0. The fourth-order valence-electron chi connectivity index (χ4n) is 13.5. The van der Waals surface area contributed by atoms with Crippen LogP contribution in [0.5, 0.6) is 0 Å². The number of aliphatic hydroxyl groups is 1. The first-order valence-corrected chi connectivity index (χ1v) is 47.8. The molecule has 0 spiro atoms. The molecule has 624 valence electrons. The molecule has 0 saturated carbocycles. The van der Waals surface area contributed by atoms with E-state index in [9.17, 15) is 43.2 Å². The van der Waals surface area contributed by atoms with E-state index in [0.717, 1.165) is 89.9 Å². The summed E-state index contributed by atoms with van der Waals surface area (Å²) < 4.78 is 68.9. The molecule has 0 radical (unpaired) electrons. The van der Waals surface area contributed by atoms with Gasteiger partial charge in [-0.2, -0.15) is 0 Å². The monoisotopic (exact) mass is 1540 g/mol. The first-order valence-electron chi connectivity index (χ1n) is 44.8. The molecule has 0 aromatic rings. The van der Waals surface area contributed by atoms with Crippen molar-refractivity contribution in [2.45, 2.75) is 489 Å². The van der Waals surface area contributed by atoms with Crippen molar-refractivity contribution in [1.29, 1.82) is 0 Å². The van der Waals surface area contributed by atoms with Gasteiger partial charge >= 0.3 is 39.5 Å². The quantitative estimate of drug-likeness (QED) is 0.0222. The molecule has 0 saturated heterocycles. The Kier molecular flexibility index (Phi) is 78.6. The second-order valence-electron chi connectivity index (χ2n) is 30.9. The predicted molar refractivity (Wildman–Crippen MR) is 432 cm³/mol. The van der Waals surface area contributed by atoms with Crippen LogP contribution in [0.15, 0.2) is 0 Å². The lowest BCUT2D eigenvalue weighted by Gasteiger charge is -2.21. The van der Waals surface area contributed by atoms with Crippen molar-refractivity contribution in [2.75, 3.05) is 39.6 Å². The van der Waals surface area contributed by atoms with E-state index in [1.807, 2.05) is 0 Å². The molecule has 0 heterocycles. The summed E-state index contributed by atoms with van der Waals surface area (Å²) in [5, 5.41) is 10.7. The van der Waals surface area contributed by atoms with E-state index in [1.165, 1.54) is 302 Å². The zero-order chi connectivity index (χ0) is 76.7. The van der Waals surface area contributed by atoms with Gasteiger partial charge in [0.2, 0.25) is 0 Å². The van der Waals surface area contributed by atoms with Crippen molar-refractivity contribution in [3.8, 4) is 0 Å². The Morgan fingerprint density at radius 3 is 0.562 bits per heavy atom. The highest BCUT2D eigenvalue weighted by Crippen LogP contribution is 2.45. The highest BCUT2D eigenvalue weighted by Gasteiger charge is 2.30. The first kappa shape index (κ1) is 103. The average molecular weight is 1540 g/mol. The Hall–Kier alpha value is -1.94. The number of rotatable bonds is 87. The molecule has 0 rings (SSSR count). The Bertz CT molecular complexity index is 1980. The number of hydrogen-bond donors (Lipinski definition) is 3. The fourth-order valence-corrected chi connectivity index (χ4v) is 15.1. The van der Waals surface area contributed by atoms with Crippen LogP contribution in [0.25, 0.3) is 0 Å². The van der Waals surface area contributed by atoms with Gasteiger partial charge in [-0.15, -0.1) is 0 Å². The summed E-state index contributed by atoms with van der Waals surface area (Å²) in [6.07, 6.45) is 75.0. The molecule has 0 amide bonds. The molecule has 17 nitrogen and oxygen atoms in total. The third kappa shape index (κ3) is 79.9. The molecule has 0 aliphatic rings. The number of esters is 4. The van der Waals surface area contributed by atoms with Crippen molar-refractivity contribution in [1.82, 2.24) is 0 Å². The van der Waals surface area contributed by atoms with Gasteiger partial charge in [-0.05, 0) is 25.7 Å². The van der Waals surface area contributed by atoms with Crippen molar-refractivity contribution < 1.29 is 80.2 Å². The summed E-state index contributed by atoms with van der Waals surface area (Å²) >= 11 is 0. The minimum Gasteiger partial charge on any atom is -0.462 e. The SMILES string of the molecule is CCCCCCCCCCCCCCCCCCCCCCC(=O)OC[C@H](COP(=O)(O)OC[C@@H](O)COP(=O)(O)OC[C@@H](COC(=O)CCCCCCCCCCCCC)OC(=O)CCCCCCCCCCCCCCCC)OC(=O)CCCCCCCCCCCCCCCCCCCCCC. The number of carbonyl (C=O) groups excluding carboxylic acids is 4. The Morgan fingerprint density at radius 1 is 0.229 bits per heavy atom. The van der Waals surface area contributed by atoms with E-state index >= 15 is 0 Å². The zero-order valence-electron chi connectivity index (χ0n) is 68.7. The molecule has 5 atom stereocenters. The summed E-state index contributed by atoms with van der Waals surface area (Å²) in [5.41, 5.74) is 0. The summed E-state index contributed by atoms with van der Waals surface area (Å²) in [6.45, 7) is 5.06. The van der Waals surface area contributed by atoms with Crippen LogP contribution in [0.1, 0.15) is 471 Å². The highest BCUT2D eigenvalue weighted by molar-refractivity contribution is 7.47. The van der Waals surface area contributed by atoms with E-state index in [0.29, 0.717) is 25.7 Å². The van der Waals surface area contributed by atoms with Crippen LogP contribution < -0.4 is 0 Å². The summed E-state index contributed by atoms with van der Waals surface area (Å²) in [7, 11) is -9.92. The molecular weight excluding hydrogens is 1370 g/mol. The maximum Gasteiger partial charge on any atom is 0.472 e. The lowest BCUT2D eigenvalue weighted by Crippen LogP contribution is -2.30. The van der Waals surface area contributed by atoms with Crippen LogP contribution in [0.4, 0.5) is 0 Å². The fraction of sp³-hybridized carbons (Fsp3) is 0.953. The Balaban J connectivity index is 5.22. The maximum absolute atomic E-state index is 13.1. The molecule has 0 fully saturated rings. The molecule has 105 heavy (non-hydrogen) atoms. The van der Waals surface area contributed by atoms with Gasteiger partial charge in [-0.25, -0.2) is 9.13 Å². The number of hydrogen-bond acceptors (Lipinski definition) is 15. The minimum absolute atomic E-state index is 0.109. The van der Waals surface area contributed by atoms with Crippen molar-refractivity contribution in [3.05, 3.63) is 0 Å². The average Bonchev–Trinajstić information content (AvgIpc) is 0.940. The van der Waals surface area contributed by atoms with Crippen molar-refractivity contribution in [2.24, 2.45) is 0 Å². The predicted octanol–water partition coefficient (Wildman–Crippen LogP) is 26.5. The van der Waals surface area contributed by atoms with Crippen molar-refractivity contribution in [3.63, 3.8) is 0 Å².